The second kappa shape index (κ2) is 6.54. The van der Waals surface area contributed by atoms with Crippen LogP contribution in [-0.4, -0.2) is 29.4 Å². The van der Waals surface area contributed by atoms with Crippen LogP contribution in [0.25, 0.3) is 10.8 Å². The lowest BCUT2D eigenvalue weighted by Gasteiger charge is -2.14. The molecule has 110 valence electrons. The number of carbonyl (C=O) groups excluding carboxylic acids is 2. The molecule has 6 heteroatoms. The molecule has 21 heavy (non-hydrogen) atoms. The third kappa shape index (κ3) is 3.31. The average molecular weight is 306 g/mol. The molecule has 0 aliphatic heterocycles. The van der Waals surface area contributed by atoms with Crippen molar-refractivity contribution in [2.75, 3.05) is 6.54 Å². The van der Waals surface area contributed by atoms with E-state index in [1.807, 2.05) is 19.1 Å². The average Bonchev–Trinajstić information content (AvgIpc) is 2.48. The minimum atomic E-state index is -0.619. The van der Waals surface area contributed by atoms with Crippen LogP contribution < -0.4 is 10.6 Å². The molecule has 0 fully saturated rings. The van der Waals surface area contributed by atoms with E-state index in [-0.39, 0.29) is 11.8 Å². The number of carbonyl (C=O) groups is 2. The highest BCUT2D eigenvalue weighted by atomic mass is 35.5. The van der Waals surface area contributed by atoms with E-state index in [0.29, 0.717) is 28.0 Å². The van der Waals surface area contributed by atoms with Gasteiger partial charge in [-0.1, -0.05) is 35.9 Å². The van der Waals surface area contributed by atoms with Crippen molar-refractivity contribution in [3.8, 4) is 0 Å². The van der Waals surface area contributed by atoms with Crippen molar-refractivity contribution in [1.29, 1.82) is 0 Å². The Labute approximate surface area is 127 Å². The zero-order valence-corrected chi connectivity index (χ0v) is 12.6. The third-order valence-corrected chi connectivity index (χ3v) is 3.38. The Bertz CT molecular complexity index is 688. The third-order valence-electron chi connectivity index (χ3n) is 3.08. The van der Waals surface area contributed by atoms with Gasteiger partial charge in [0.15, 0.2) is 0 Å². The summed E-state index contributed by atoms with van der Waals surface area (Å²) in [7, 11) is 0. The summed E-state index contributed by atoms with van der Waals surface area (Å²) in [6, 6.07) is 6.63. The summed E-state index contributed by atoms with van der Waals surface area (Å²) < 4.78 is 0. The molecule has 2 rings (SSSR count). The van der Waals surface area contributed by atoms with E-state index >= 15 is 0 Å². The van der Waals surface area contributed by atoms with Gasteiger partial charge in [0.1, 0.15) is 11.2 Å². The van der Waals surface area contributed by atoms with E-state index in [0.717, 1.165) is 0 Å². The van der Waals surface area contributed by atoms with Crippen LogP contribution in [0.5, 0.6) is 0 Å². The first-order valence-corrected chi connectivity index (χ1v) is 7.04. The molecule has 0 saturated carbocycles. The van der Waals surface area contributed by atoms with Crippen LogP contribution in [0.1, 0.15) is 24.2 Å². The van der Waals surface area contributed by atoms with Crippen LogP contribution in [-0.2, 0) is 4.79 Å². The Morgan fingerprint density at radius 3 is 2.62 bits per heavy atom. The van der Waals surface area contributed by atoms with E-state index in [1.54, 1.807) is 19.1 Å². The Balaban J connectivity index is 2.28. The van der Waals surface area contributed by atoms with Crippen LogP contribution in [0.4, 0.5) is 0 Å². The Morgan fingerprint density at radius 1 is 1.29 bits per heavy atom. The van der Waals surface area contributed by atoms with E-state index < -0.39 is 6.04 Å². The summed E-state index contributed by atoms with van der Waals surface area (Å²) in [5.41, 5.74) is 0.395. The number of likely N-dealkylation sites (N-methyl/N-ethyl adjacent to an activating group) is 1. The van der Waals surface area contributed by atoms with Gasteiger partial charge < -0.3 is 10.6 Å². The molecule has 0 aliphatic carbocycles. The van der Waals surface area contributed by atoms with Gasteiger partial charge in [-0.3, -0.25) is 9.59 Å². The summed E-state index contributed by atoms with van der Waals surface area (Å²) in [4.78, 5) is 28.0. The van der Waals surface area contributed by atoms with E-state index in [2.05, 4.69) is 15.6 Å². The number of rotatable bonds is 4. The molecule has 0 radical (unpaired) electrons. The van der Waals surface area contributed by atoms with Crippen molar-refractivity contribution in [2.45, 2.75) is 19.9 Å². The normalized spacial score (nSPS) is 12.0. The molecule has 2 N–H and O–H groups in total. The topological polar surface area (TPSA) is 71.1 Å². The molecule has 1 aromatic carbocycles. The van der Waals surface area contributed by atoms with Gasteiger partial charge in [0.2, 0.25) is 5.91 Å². The monoisotopic (exact) mass is 305 g/mol. The number of pyridine rings is 1. The second-order valence-electron chi connectivity index (χ2n) is 4.60. The molecular formula is C15H16ClN3O2. The van der Waals surface area contributed by atoms with Gasteiger partial charge in [-0.05, 0) is 19.2 Å². The van der Waals surface area contributed by atoms with Crippen LogP contribution in [0.2, 0.25) is 5.15 Å². The van der Waals surface area contributed by atoms with Gasteiger partial charge in [-0.15, -0.1) is 0 Å². The number of nitrogens with zero attached hydrogens (tertiary/aromatic N) is 1. The minimum Gasteiger partial charge on any atom is -0.355 e. The number of nitrogens with one attached hydrogen (secondary N) is 2. The van der Waals surface area contributed by atoms with E-state index in [4.69, 9.17) is 11.6 Å². The molecule has 5 nitrogen and oxygen atoms in total. The van der Waals surface area contributed by atoms with Crippen molar-refractivity contribution in [2.24, 2.45) is 0 Å². The maximum atomic E-state index is 12.3. The van der Waals surface area contributed by atoms with Crippen LogP contribution in [0.3, 0.4) is 0 Å². The van der Waals surface area contributed by atoms with Gasteiger partial charge in [0, 0.05) is 18.1 Å². The summed E-state index contributed by atoms with van der Waals surface area (Å²) in [5, 5.41) is 7.08. The summed E-state index contributed by atoms with van der Waals surface area (Å²) in [6.45, 7) is 3.97. The minimum absolute atomic E-state index is 0.225. The summed E-state index contributed by atoms with van der Waals surface area (Å²) in [5.74, 6) is -0.578. The highest BCUT2D eigenvalue weighted by molar-refractivity contribution is 6.34. The SMILES string of the molecule is CCNC(=O)C(C)NC(=O)c1cnc(Cl)c2ccccc12. The molecule has 0 spiro atoms. The fourth-order valence-electron chi connectivity index (χ4n) is 2.01. The van der Waals surface area contributed by atoms with Crippen molar-refractivity contribution < 1.29 is 9.59 Å². The zero-order chi connectivity index (χ0) is 15.4. The second-order valence-corrected chi connectivity index (χ2v) is 4.96. The Kier molecular flexibility index (Phi) is 4.75. The van der Waals surface area contributed by atoms with Crippen molar-refractivity contribution in [3.05, 3.63) is 41.2 Å². The van der Waals surface area contributed by atoms with Gasteiger partial charge in [-0.25, -0.2) is 4.98 Å². The van der Waals surface area contributed by atoms with Crippen LogP contribution in [0.15, 0.2) is 30.5 Å². The first-order chi connectivity index (χ1) is 10.0. The quantitative estimate of drug-likeness (QED) is 0.850. The molecular weight excluding hydrogens is 290 g/mol. The number of benzene rings is 1. The Morgan fingerprint density at radius 2 is 1.95 bits per heavy atom. The number of halogens is 1. The molecule has 0 saturated heterocycles. The maximum absolute atomic E-state index is 12.3. The molecule has 1 atom stereocenters. The van der Waals surface area contributed by atoms with E-state index in [1.165, 1.54) is 6.20 Å². The first-order valence-electron chi connectivity index (χ1n) is 6.66. The molecule has 1 unspecified atom stereocenters. The van der Waals surface area contributed by atoms with E-state index in [9.17, 15) is 9.59 Å². The molecule has 0 aliphatic rings. The molecule has 1 aromatic heterocycles. The number of aromatic nitrogens is 1. The number of fused-ring (bicyclic) bond motifs is 1. The number of hydrogen-bond acceptors (Lipinski definition) is 3. The van der Waals surface area contributed by atoms with Crippen molar-refractivity contribution in [3.63, 3.8) is 0 Å². The maximum Gasteiger partial charge on any atom is 0.254 e. The highest BCUT2D eigenvalue weighted by Gasteiger charge is 2.18. The molecule has 1 heterocycles. The number of hydrogen-bond donors (Lipinski definition) is 2. The highest BCUT2D eigenvalue weighted by Crippen LogP contribution is 2.24. The lowest BCUT2D eigenvalue weighted by Crippen LogP contribution is -2.44. The van der Waals surface area contributed by atoms with Gasteiger partial charge in [0.25, 0.3) is 5.91 Å². The fourth-order valence-corrected chi connectivity index (χ4v) is 2.22. The van der Waals surface area contributed by atoms with Gasteiger partial charge in [-0.2, -0.15) is 0 Å². The number of amides is 2. The molecule has 2 amide bonds. The summed E-state index contributed by atoms with van der Waals surface area (Å²) in [6.07, 6.45) is 1.42. The Hall–Kier alpha value is -2.14. The summed E-state index contributed by atoms with van der Waals surface area (Å²) >= 11 is 6.02. The first kappa shape index (κ1) is 15.3. The fraction of sp³-hybridized carbons (Fsp3) is 0.267. The smallest absolute Gasteiger partial charge is 0.254 e. The van der Waals surface area contributed by atoms with Gasteiger partial charge >= 0.3 is 0 Å². The zero-order valence-electron chi connectivity index (χ0n) is 11.8. The van der Waals surface area contributed by atoms with Gasteiger partial charge in [0.05, 0.1) is 5.56 Å². The van der Waals surface area contributed by atoms with Crippen LogP contribution in [0, 0.1) is 0 Å². The predicted octanol–water partition coefficient (Wildman–Crippen LogP) is 2.14. The lowest BCUT2D eigenvalue weighted by molar-refractivity contribution is -0.122. The predicted molar refractivity (Wildman–Crippen MR) is 82.4 cm³/mol. The van der Waals surface area contributed by atoms with Crippen molar-refractivity contribution >= 4 is 34.2 Å². The molecule has 2 aromatic rings. The molecule has 0 bridgehead atoms. The largest absolute Gasteiger partial charge is 0.355 e. The lowest BCUT2D eigenvalue weighted by atomic mass is 10.1. The van der Waals surface area contributed by atoms with Crippen molar-refractivity contribution in [1.82, 2.24) is 15.6 Å². The standard InChI is InChI=1S/C15H16ClN3O2/c1-3-17-14(20)9(2)19-15(21)12-8-18-13(16)11-7-5-4-6-10(11)12/h4-9H,3H2,1-2H3,(H,17,20)(H,19,21). The van der Waals surface area contributed by atoms with Crippen LogP contribution >= 0.6 is 11.6 Å².